The Labute approximate surface area is 167 Å². The number of piperidine rings is 1. The van der Waals surface area contributed by atoms with Gasteiger partial charge in [0.15, 0.2) is 0 Å². The van der Waals surface area contributed by atoms with Crippen LogP contribution in [0.3, 0.4) is 0 Å². The number of nitrogens with zero attached hydrogens (tertiary/aromatic N) is 1. The minimum Gasteiger partial charge on any atom is -0.462 e. The molecule has 2 unspecified atom stereocenters. The first-order chi connectivity index (χ1) is 13.3. The van der Waals surface area contributed by atoms with Crippen LogP contribution < -0.4 is 4.90 Å². The summed E-state index contributed by atoms with van der Waals surface area (Å²) in [5, 5.41) is 0.613. The predicted octanol–water partition coefficient (Wildman–Crippen LogP) is 6.02. The zero-order valence-corrected chi connectivity index (χ0v) is 16.1. The third-order valence-corrected chi connectivity index (χ3v) is 5.17. The standard InChI is InChI=1S/C21H21ClF3NO2/c1-2-20(27)28-18-11-12-26(17-9-7-16(22)8-10-17)19(13-18)14-3-5-15(6-4-14)21(23,24)25/h3-10,18-19H,2,11-13H2,1H3. The van der Waals surface area contributed by atoms with E-state index in [0.717, 1.165) is 23.4 Å². The zero-order valence-electron chi connectivity index (χ0n) is 15.4. The highest BCUT2D eigenvalue weighted by molar-refractivity contribution is 6.30. The van der Waals surface area contributed by atoms with Crippen molar-refractivity contribution in [1.29, 1.82) is 0 Å². The van der Waals surface area contributed by atoms with Gasteiger partial charge in [-0.3, -0.25) is 4.79 Å². The number of rotatable bonds is 4. The Morgan fingerprint density at radius 2 is 1.79 bits per heavy atom. The van der Waals surface area contributed by atoms with Crippen LogP contribution in [0.25, 0.3) is 0 Å². The molecule has 1 fully saturated rings. The van der Waals surface area contributed by atoms with Gasteiger partial charge in [0.2, 0.25) is 0 Å². The van der Waals surface area contributed by atoms with E-state index in [-0.39, 0.29) is 18.1 Å². The Hall–Kier alpha value is -2.21. The van der Waals surface area contributed by atoms with Gasteiger partial charge in [-0.2, -0.15) is 13.2 Å². The summed E-state index contributed by atoms with van der Waals surface area (Å²) in [6.45, 7) is 2.35. The highest BCUT2D eigenvalue weighted by atomic mass is 35.5. The van der Waals surface area contributed by atoms with E-state index in [1.807, 2.05) is 12.1 Å². The van der Waals surface area contributed by atoms with Gasteiger partial charge in [-0.25, -0.2) is 0 Å². The molecule has 0 aliphatic carbocycles. The molecule has 0 amide bonds. The highest BCUT2D eigenvalue weighted by Crippen LogP contribution is 2.38. The van der Waals surface area contributed by atoms with E-state index in [1.165, 1.54) is 12.1 Å². The maximum Gasteiger partial charge on any atom is 0.416 e. The lowest BCUT2D eigenvalue weighted by molar-refractivity contribution is -0.150. The average Bonchev–Trinajstić information content (AvgIpc) is 2.68. The molecule has 1 saturated heterocycles. The lowest BCUT2D eigenvalue weighted by Gasteiger charge is -2.41. The molecule has 0 N–H and O–H groups in total. The summed E-state index contributed by atoms with van der Waals surface area (Å²) in [6.07, 6.45) is -3.17. The largest absolute Gasteiger partial charge is 0.462 e. The third-order valence-electron chi connectivity index (χ3n) is 4.92. The molecule has 7 heteroatoms. The molecule has 3 rings (SSSR count). The molecule has 150 valence electrons. The first-order valence-corrected chi connectivity index (χ1v) is 9.54. The molecular formula is C21H21ClF3NO2. The second-order valence-electron chi connectivity index (χ2n) is 6.80. The van der Waals surface area contributed by atoms with Gasteiger partial charge in [0.1, 0.15) is 6.10 Å². The normalized spacial score (nSPS) is 20.1. The van der Waals surface area contributed by atoms with Crippen molar-refractivity contribution < 1.29 is 22.7 Å². The molecule has 1 aliphatic heterocycles. The Morgan fingerprint density at radius 3 is 2.36 bits per heavy atom. The van der Waals surface area contributed by atoms with Crippen LogP contribution in [-0.4, -0.2) is 18.6 Å². The first-order valence-electron chi connectivity index (χ1n) is 9.16. The smallest absolute Gasteiger partial charge is 0.416 e. The van der Waals surface area contributed by atoms with E-state index in [2.05, 4.69) is 4.90 Å². The SMILES string of the molecule is CCC(=O)OC1CCN(c2ccc(Cl)cc2)C(c2ccc(C(F)(F)F)cc2)C1. The Bertz CT molecular complexity index is 806. The van der Waals surface area contributed by atoms with Crippen molar-refractivity contribution in [2.24, 2.45) is 0 Å². The summed E-state index contributed by atoms with van der Waals surface area (Å²) >= 11 is 5.98. The van der Waals surface area contributed by atoms with Crippen molar-refractivity contribution in [3.8, 4) is 0 Å². The fourth-order valence-electron chi connectivity index (χ4n) is 3.46. The van der Waals surface area contributed by atoms with Crippen LogP contribution in [0.2, 0.25) is 5.02 Å². The summed E-state index contributed by atoms with van der Waals surface area (Å²) in [5.74, 6) is -0.267. The highest BCUT2D eigenvalue weighted by Gasteiger charge is 2.34. The number of ether oxygens (including phenoxy) is 1. The van der Waals surface area contributed by atoms with E-state index >= 15 is 0 Å². The molecule has 0 aromatic heterocycles. The van der Waals surface area contributed by atoms with Crippen LogP contribution in [0.4, 0.5) is 18.9 Å². The van der Waals surface area contributed by atoms with E-state index in [0.29, 0.717) is 30.8 Å². The molecule has 0 bridgehead atoms. The molecular weight excluding hydrogens is 391 g/mol. The molecule has 3 nitrogen and oxygen atoms in total. The van der Waals surface area contributed by atoms with Crippen molar-refractivity contribution in [2.75, 3.05) is 11.4 Å². The van der Waals surface area contributed by atoms with Gasteiger partial charge in [-0.05, 0) is 42.0 Å². The molecule has 1 heterocycles. The molecule has 1 aliphatic rings. The van der Waals surface area contributed by atoms with Gasteiger partial charge in [-0.15, -0.1) is 0 Å². The Kier molecular flexibility index (Phi) is 6.18. The number of benzene rings is 2. The van der Waals surface area contributed by atoms with Gasteiger partial charge in [0.25, 0.3) is 0 Å². The quantitative estimate of drug-likeness (QED) is 0.576. The van der Waals surface area contributed by atoms with Gasteiger partial charge >= 0.3 is 12.1 Å². The number of hydrogen-bond acceptors (Lipinski definition) is 3. The molecule has 0 saturated carbocycles. The molecule has 28 heavy (non-hydrogen) atoms. The van der Waals surface area contributed by atoms with Crippen molar-refractivity contribution in [1.82, 2.24) is 0 Å². The first kappa shape index (κ1) is 20.5. The fourth-order valence-corrected chi connectivity index (χ4v) is 3.59. The van der Waals surface area contributed by atoms with Gasteiger partial charge in [0, 0.05) is 36.5 Å². The van der Waals surface area contributed by atoms with Gasteiger partial charge in [-0.1, -0.05) is 30.7 Å². The Morgan fingerprint density at radius 1 is 1.14 bits per heavy atom. The monoisotopic (exact) mass is 411 g/mol. The number of alkyl halides is 3. The van der Waals surface area contributed by atoms with Crippen LogP contribution in [0.1, 0.15) is 43.4 Å². The lowest BCUT2D eigenvalue weighted by atomic mass is 9.92. The van der Waals surface area contributed by atoms with Crippen molar-refractivity contribution >= 4 is 23.3 Å². The van der Waals surface area contributed by atoms with Crippen LogP contribution in [0.5, 0.6) is 0 Å². The summed E-state index contributed by atoms with van der Waals surface area (Å²) in [5.41, 5.74) is 0.994. The topological polar surface area (TPSA) is 29.5 Å². The summed E-state index contributed by atoms with van der Waals surface area (Å²) in [6, 6.07) is 12.3. The van der Waals surface area contributed by atoms with Crippen LogP contribution >= 0.6 is 11.6 Å². The van der Waals surface area contributed by atoms with E-state index < -0.39 is 11.7 Å². The second-order valence-corrected chi connectivity index (χ2v) is 7.23. The van der Waals surface area contributed by atoms with E-state index in [9.17, 15) is 18.0 Å². The van der Waals surface area contributed by atoms with Gasteiger partial charge in [0.05, 0.1) is 11.6 Å². The minimum atomic E-state index is -4.37. The number of hydrogen-bond donors (Lipinski definition) is 0. The van der Waals surface area contributed by atoms with Crippen LogP contribution in [0.15, 0.2) is 48.5 Å². The lowest BCUT2D eigenvalue weighted by Crippen LogP contribution is -2.40. The van der Waals surface area contributed by atoms with Crippen molar-refractivity contribution in [3.05, 3.63) is 64.7 Å². The maximum absolute atomic E-state index is 12.9. The van der Waals surface area contributed by atoms with Gasteiger partial charge < -0.3 is 9.64 Å². The number of anilines is 1. The summed E-state index contributed by atoms with van der Waals surface area (Å²) in [4.78, 5) is 13.8. The predicted molar refractivity (Wildman–Crippen MR) is 102 cm³/mol. The second kappa shape index (κ2) is 8.43. The summed E-state index contributed by atoms with van der Waals surface area (Å²) < 4.78 is 44.2. The van der Waals surface area contributed by atoms with Crippen molar-refractivity contribution in [2.45, 2.75) is 44.5 Å². The molecule has 0 radical (unpaired) electrons. The fraction of sp³-hybridized carbons (Fsp3) is 0.381. The van der Waals surface area contributed by atoms with E-state index in [1.54, 1.807) is 19.1 Å². The number of halogens is 4. The average molecular weight is 412 g/mol. The minimum absolute atomic E-state index is 0.202. The summed E-state index contributed by atoms with van der Waals surface area (Å²) in [7, 11) is 0. The molecule has 0 spiro atoms. The molecule has 2 aromatic rings. The molecule has 2 aromatic carbocycles. The number of carbonyl (C=O) groups excluding carboxylic acids is 1. The maximum atomic E-state index is 12.9. The number of esters is 1. The molecule has 2 atom stereocenters. The van der Waals surface area contributed by atoms with Crippen LogP contribution in [0, 0.1) is 0 Å². The Balaban J connectivity index is 1.89. The number of carbonyl (C=O) groups is 1. The zero-order chi connectivity index (χ0) is 20.3. The third kappa shape index (κ3) is 4.79. The van der Waals surface area contributed by atoms with Crippen molar-refractivity contribution in [3.63, 3.8) is 0 Å². The van der Waals surface area contributed by atoms with Crippen LogP contribution in [-0.2, 0) is 15.7 Å². The van der Waals surface area contributed by atoms with E-state index in [4.69, 9.17) is 16.3 Å².